The monoisotopic (exact) mass is 375 g/mol. The molecule has 0 radical (unpaired) electrons. The average Bonchev–Trinajstić information content (AvgIpc) is 2.59. The van der Waals surface area contributed by atoms with E-state index in [0.717, 1.165) is 0 Å². The third-order valence-electron chi connectivity index (χ3n) is 3.89. The second-order valence-corrected chi connectivity index (χ2v) is 7.56. The first-order valence-corrected chi connectivity index (χ1v) is 9.07. The smallest absolute Gasteiger partial charge is 0.260 e. The molecule has 1 N–H and O–H groups in total. The first-order valence-electron chi connectivity index (χ1n) is 8.69. The van der Waals surface area contributed by atoms with E-state index in [4.69, 9.17) is 21.1 Å². The van der Waals surface area contributed by atoms with E-state index in [1.807, 2.05) is 24.3 Å². The van der Waals surface area contributed by atoms with Crippen molar-refractivity contribution in [1.82, 2.24) is 5.32 Å². The predicted octanol–water partition coefficient (Wildman–Crippen LogP) is 4.60. The fraction of sp³-hybridized carbons (Fsp3) is 0.381. The van der Waals surface area contributed by atoms with Gasteiger partial charge in [-0.15, -0.1) is 0 Å². The maximum atomic E-state index is 12.1. The summed E-state index contributed by atoms with van der Waals surface area (Å²) < 4.78 is 11.2. The molecule has 0 fully saturated rings. The van der Waals surface area contributed by atoms with Gasteiger partial charge in [0, 0.05) is 5.02 Å². The summed E-state index contributed by atoms with van der Waals surface area (Å²) >= 11 is 5.82. The van der Waals surface area contributed by atoms with E-state index in [1.54, 1.807) is 31.2 Å². The van der Waals surface area contributed by atoms with Crippen LogP contribution in [0.5, 0.6) is 11.5 Å². The Labute approximate surface area is 160 Å². The van der Waals surface area contributed by atoms with Gasteiger partial charge in [-0.05, 0) is 54.3 Å². The second kappa shape index (κ2) is 8.95. The third-order valence-corrected chi connectivity index (χ3v) is 4.14. The maximum absolute atomic E-state index is 12.1. The normalized spacial score (nSPS) is 12.3. The second-order valence-electron chi connectivity index (χ2n) is 7.13. The standard InChI is InChI=1S/C21H26ClNO3/c1-15(26-19-9-5-16(6-10-19)21(2,3)4)20(24)23-13-14-25-18-11-7-17(22)8-12-18/h5-12,15H,13-14H2,1-4H3,(H,23,24)/t15-/m1/s1. The van der Waals surface area contributed by atoms with Gasteiger partial charge in [-0.2, -0.15) is 0 Å². The van der Waals surface area contributed by atoms with Crippen molar-refractivity contribution in [1.29, 1.82) is 0 Å². The Bertz CT molecular complexity index is 706. The van der Waals surface area contributed by atoms with Crippen molar-refractivity contribution in [3.8, 4) is 11.5 Å². The fourth-order valence-corrected chi connectivity index (χ4v) is 2.43. The quantitative estimate of drug-likeness (QED) is 0.719. The van der Waals surface area contributed by atoms with Crippen LogP contribution in [0.1, 0.15) is 33.3 Å². The Morgan fingerprint density at radius 3 is 2.19 bits per heavy atom. The van der Waals surface area contributed by atoms with Crippen molar-refractivity contribution in [3.63, 3.8) is 0 Å². The minimum atomic E-state index is -0.578. The lowest BCUT2D eigenvalue weighted by atomic mass is 9.87. The molecule has 0 saturated carbocycles. The van der Waals surface area contributed by atoms with Gasteiger partial charge in [0.25, 0.3) is 5.91 Å². The minimum absolute atomic E-state index is 0.0889. The number of ether oxygens (including phenoxy) is 2. The molecule has 2 aromatic rings. The van der Waals surface area contributed by atoms with Crippen LogP contribution in [0.25, 0.3) is 0 Å². The van der Waals surface area contributed by atoms with Gasteiger partial charge in [-0.3, -0.25) is 4.79 Å². The number of hydrogen-bond acceptors (Lipinski definition) is 3. The molecule has 0 heterocycles. The van der Waals surface area contributed by atoms with Crippen LogP contribution in [0.4, 0.5) is 0 Å². The Morgan fingerprint density at radius 1 is 1.04 bits per heavy atom. The van der Waals surface area contributed by atoms with E-state index in [9.17, 15) is 4.79 Å². The summed E-state index contributed by atoms with van der Waals surface area (Å²) in [6.45, 7) is 8.98. The van der Waals surface area contributed by atoms with Crippen molar-refractivity contribution in [3.05, 3.63) is 59.1 Å². The minimum Gasteiger partial charge on any atom is -0.492 e. The lowest BCUT2D eigenvalue weighted by Crippen LogP contribution is -2.38. The van der Waals surface area contributed by atoms with Gasteiger partial charge in [-0.25, -0.2) is 0 Å². The SMILES string of the molecule is C[C@@H](Oc1ccc(C(C)(C)C)cc1)C(=O)NCCOc1ccc(Cl)cc1. The number of carbonyl (C=O) groups excluding carboxylic acids is 1. The Kier molecular flexibility index (Phi) is 6.92. The molecule has 0 bridgehead atoms. The Balaban J connectivity index is 1.74. The molecule has 0 saturated heterocycles. The summed E-state index contributed by atoms with van der Waals surface area (Å²) in [7, 11) is 0. The van der Waals surface area contributed by atoms with Gasteiger partial charge in [0.15, 0.2) is 6.10 Å². The van der Waals surface area contributed by atoms with Crippen LogP contribution < -0.4 is 14.8 Å². The van der Waals surface area contributed by atoms with Gasteiger partial charge in [0.1, 0.15) is 18.1 Å². The topological polar surface area (TPSA) is 47.6 Å². The van der Waals surface area contributed by atoms with E-state index in [0.29, 0.717) is 29.7 Å². The lowest BCUT2D eigenvalue weighted by molar-refractivity contribution is -0.127. The molecule has 1 amide bonds. The zero-order valence-electron chi connectivity index (χ0n) is 15.7. The summed E-state index contributed by atoms with van der Waals surface area (Å²) in [4.78, 5) is 12.1. The van der Waals surface area contributed by atoms with Crippen LogP contribution in [0.2, 0.25) is 5.02 Å². The van der Waals surface area contributed by atoms with E-state index in [1.165, 1.54) is 5.56 Å². The molecular weight excluding hydrogens is 350 g/mol. The molecule has 0 aliphatic rings. The van der Waals surface area contributed by atoms with Crippen LogP contribution in [0, 0.1) is 0 Å². The number of nitrogens with one attached hydrogen (secondary N) is 1. The zero-order chi connectivity index (χ0) is 19.2. The molecule has 0 spiro atoms. The molecule has 2 aromatic carbocycles. The summed E-state index contributed by atoms with van der Waals surface area (Å²) in [5, 5.41) is 3.46. The molecule has 26 heavy (non-hydrogen) atoms. The van der Waals surface area contributed by atoms with Crippen molar-refractivity contribution < 1.29 is 14.3 Å². The van der Waals surface area contributed by atoms with Crippen LogP contribution in [0.3, 0.4) is 0 Å². The first kappa shape index (κ1) is 20.1. The number of hydrogen-bond donors (Lipinski definition) is 1. The van der Waals surface area contributed by atoms with Crippen LogP contribution >= 0.6 is 11.6 Å². The molecule has 5 heteroatoms. The molecule has 0 aliphatic carbocycles. The van der Waals surface area contributed by atoms with E-state index in [-0.39, 0.29) is 11.3 Å². The molecular formula is C21H26ClNO3. The first-order chi connectivity index (χ1) is 12.3. The summed E-state index contributed by atoms with van der Waals surface area (Å²) in [5.41, 5.74) is 1.31. The number of amides is 1. The van der Waals surface area contributed by atoms with Crippen molar-refractivity contribution >= 4 is 17.5 Å². The Morgan fingerprint density at radius 2 is 1.62 bits per heavy atom. The number of carbonyl (C=O) groups is 1. The molecule has 140 valence electrons. The van der Waals surface area contributed by atoms with Crippen molar-refractivity contribution in [2.45, 2.75) is 39.2 Å². The van der Waals surface area contributed by atoms with Crippen LogP contribution in [-0.2, 0) is 10.2 Å². The fourth-order valence-electron chi connectivity index (χ4n) is 2.31. The van der Waals surface area contributed by atoms with Crippen LogP contribution in [-0.4, -0.2) is 25.2 Å². The van der Waals surface area contributed by atoms with Gasteiger partial charge in [0.2, 0.25) is 0 Å². The molecule has 0 aliphatic heterocycles. The van der Waals surface area contributed by atoms with Gasteiger partial charge in [-0.1, -0.05) is 44.5 Å². The molecule has 2 rings (SSSR count). The molecule has 4 nitrogen and oxygen atoms in total. The van der Waals surface area contributed by atoms with E-state index in [2.05, 4.69) is 26.1 Å². The highest BCUT2D eigenvalue weighted by Crippen LogP contribution is 2.24. The van der Waals surface area contributed by atoms with Crippen LogP contribution in [0.15, 0.2) is 48.5 Å². The van der Waals surface area contributed by atoms with Gasteiger partial charge < -0.3 is 14.8 Å². The largest absolute Gasteiger partial charge is 0.492 e. The molecule has 1 atom stereocenters. The Hall–Kier alpha value is -2.20. The predicted molar refractivity (Wildman–Crippen MR) is 105 cm³/mol. The maximum Gasteiger partial charge on any atom is 0.260 e. The van der Waals surface area contributed by atoms with Gasteiger partial charge >= 0.3 is 0 Å². The van der Waals surface area contributed by atoms with E-state index >= 15 is 0 Å². The summed E-state index contributed by atoms with van der Waals surface area (Å²) in [6.07, 6.45) is -0.578. The number of halogens is 1. The van der Waals surface area contributed by atoms with Crippen molar-refractivity contribution in [2.24, 2.45) is 0 Å². The summed E-state index contributed by atoms with van der Waals surface area (Å²) in [6, 6.07) is 14.9. The molecule has 0 unspecified atom stereocenters. The highest BCUT2D eigenvalue weighted by atomic mass is 35.5. The van der Waals surface area contributed by atoms with Crippen molar-refractivity contribution in [2.75, 3.05) is 13.2 Å². The number of rotatable bonds is 7. The molecule has 0 aromatic heterocycles. The highest BCUT2D eigenvalue weighted by Gasteiger charge is 2.16. The summed E-state index contributed by atoms with van der Waals surface area (Å²) in [5.74, 6) is 1.22. The van der Waals surface area contributed by atoms with E-state index < -0.39 is 6.10 Å². The third kappa shape index (κ3) is 6.26. The zero-order valence-corrected chi connectivity index (χ0v) is 16.5. The highest BCUT2D eigenvalue weighted by molar-refractivity contribution is 6.30. The number of benzene rings is 2. The average molecular weight is 376 g/mol. The van der Waals surface area contributed by atoms with Gasteiger partial charge in [0.05, 0.1) is 6.54 Å². The lowest BCUT2D eigenvalue weighted by Gasteiger charge is -2.20.